The lowest BCUT2D eigenvalue weighted by atomic mass is 9.85. The maximum Gasteiger partial charge on any atom is 0.338 e. The van der Waals surface area contributed by atoms with Gasteiger partial charge in [-0.05, 0) is 48.4 Å². The molecule has 1 saturated heterocycles. The summed E-state index contributed by atoms with van der Waals surface area (Å²) in [7, 11) is -4.41. The van der Waals surface area contributed by atoms with Gasteiger partial charge in [0.15, 0.2) is 22.7 Å². The van der Waals surface area contributed by atoms with E-state index in [-0.39, 0.29) is 29.2 Å². The van der Waals surface area contributed by atoms with Gasteiger partial charge in [-0.3, -0.25) is 0 Å². The van der Waals surface area contributed by atoms with E-state index in [1.54, 1.807) is 24.3 Å². The molecule has 1 fully saturated rings. The van der Waals surface area contributed by atoms with Crippen molar-refractivity contribution in [1.82, 2.24) is 0 Å². The topological polar surface area (TPSA) is 94.5 Å². The van der Waals surface area contributed by atoms with Crippen LogP contribution >= 0.6 is 0 Å². The molecule has 0 unspecified atom stereocenters. The zero-order valence-electron chi connectivity index (χ0n) is 24.7. The lowest BCUT2D eigenvalue weighted by molar-refractivity contribution is -0.226. The maximum atomic E-state index is 13.0. The fourth-order valence-corrected chi connectivity index (χ4v) is 6.30. The lowest BCUT2D eigenvalue weighted by Gasteiger charge is -2.50. The van der Waals surface area contributed by atoms with Crippen LogP contribution in [0.2, 0.25) is 36.3 Å². The molecule has 0 saturated carbocycles. The van der Waals surface area contributed by atoms with Crippen LogP contribution in [0.5, 0.6) is 0 Å². The number of rotatable bonds is 9. The molecule has 1 aliphatic heterocycles. The SMILES string of the molecule is C[C@@H]1[C@@H](O[Si](C)(C)C(C)(C)C)[C@H](OC(=O)c2ccccc2)[C@@H](CO)O[C@H]1[C@H](O)CO[Si](C)(C)C(C)(C)C. The maximum absolute atomic E-state index is 13.0. The third-order valence-electron chi connectivity index (χ3n) is 8.53. The van der Waals surface area contributed by atoms with Crippen LogP contribution in [0.25, 0.3) is 0 Å². The molecule has 1 heterocycles. The largest absolute Gasteiger partial charge is 0.453 e. The highest BCUT2D eigenvalue weighted by atomic mass is 28.4. The summed E-state index contributed by atoms with van der Waals surface area (Å²) in [5, 5.41) is 21.5. The molecule has 1 aromatic rings. The minimum atomic E-state index is -2.32. The Morgan fingerprint density at radius 1 is 0.973 bits per heavy atom. The van der Waals surface area contributed by atoms with Crippen molar-refractivity contribution in [2.75, 3.05) is 13.2 Å². The number of benzene rings is 1. The van der Waals surface area contributed by atoms with Gasteiger partial charge in [-0.15, -0.1) is 0 Å². The fraction of sp³-hybridized carbons (Fsp3) is 0.750. The summed E-state index contributed by atoms with van der Waals surface area (Å²) in [5.74, 6) is -0.813. The van der Waals surface area contributed by atoms with Crippen LogP contribution in [0.15, 0.2) is 30.3 Å². The number of esters is 1. The molecule has 2 N–H and O–H groups in total. The Balaban J connectivity index is 2.36. The number of hydrogen-bond donors (Lipinski definition) is 2. The van der Waals surface area contributed by atoms with E-state index in [0.29, 0.717) is 5.56 Å². The minimum Gasteiger partial charge on any atom is -0.453 e. The van der Waals surface area contributed by atoms with E-state index >= 15 is 0 Å². The number of carbonyl (C=O) groups excluding carboxylic acids is 1. The van der Waals surface area contributed by atoms with Crippen LogP contribution in [0, 0.1) is 5.92 Å². The molecular weight excluding hydrogens is 504 g/mol. The van der Waals surface area contributed by atoms with Gasteiger partial charge >= 0.3 is 5.97 Å². The van der Waals surface area contributed by atoms with Gasteiger partial charge in [-0.1, -0.05) is 66.7 Å². The van der Waals surface area contributed by atoms with Crippen molar-refractivity contribution >= 4 is 22.6 Å². The molecule has 2 rings (SSSR count). The Hall–Kier alpha value is -1.08. The highest BCUT2D eigenvalue weighted by Gasteiger charge is 2.52. The Labute approximate surface area is 226 Å². The van der Waals surface area contributed by atoms with Crippen molar-refractivity contribution in [3.63, 3.8) is 0 Å². The zero-order chi connectivity index (χ0) is 28.4. The third kappa shape index (κ3) is 7.74. The number of aliphatic hydroxyl groups is 2. The summed E-state index contributed by atoms with van der Waals surface area (Å²) in [6.45, 7) is 23.2. The Morgan fingerprint density at radius 2 is 1.51 bits per heavy atom. The fourth-order valence-electron chi connectivity index (χ4n) is 3.89. The first-order valence-corrected chi connectivity index (χ1v) is 19.2. The molecule has 7 nitrogen and oxygen atoms in total. The third-order valence-corrected chi connectivity index (χ3v) is 17.5. The van der Waals surface area contributed by atoms with Gasteiger partial charge in [0.05, 0.1) is 31.0 Å². The quantitative estimate of drug-likeness (QED) is 0.313. The average Bonchev–Trinajstić information content (AvgIpc) is 2.79. The number of aliphatic hydroxyl groups excluding tert-OH is 2. The molecule has 0 amide bonds. The second-order valence-electron chi connectivity index (χ2n) is 13.4. The molecule has 0 spiro atoms. The van der Waals surface area contributed by atoms with Crippen LogP contribution in [0.3, 0.4) is 0 Å². The van der Waals surface area contributed by atoms with Gasteiger partial charge in [0, 0.05) is 5.92 Å². The van der Waals surface area contributed by atoms with Crippen LogP contribution in [-0.2, 0) is 18.3 Å². The number of carbonyl (C=O) groups is 1. The first-order chi connectivity index (χ1) is 16.8. The molecule has 212 valence electrons. The highest BCUT2D eigenvalue weighted by molar-refractivity contribution is 6.74. The molecule has 37 heavy (non-hydrogen) atoms. The summed E-state index contributed by atoms with van der Waals surface area (Å²) in [5.41, 5.74) is 0.419. The van der Waals surface area contributed by atoms with E-state index in [0.717, 1.165) is 0 Å². The predicted octanol–water partition coefficient (Wildman–Crippen LogP) is 5.38. The van der Waals surface area contributed by atoms with Crippen molar-refractivity contribution < 1.29 is 33.3 Å². The summed E-state index contributed by atoms with van der Waals surface area (Å²) >= 11 is 0. The Kier molecular flexibility index (Phi) is 10.4. The van der Waals surface area contributed by atoms with Gasteiger partial charge < -0.3 is 28.5 Å². The summed E-state index contributed by atoms with van der Waals surface area (Å²) in [6, 6.07) is 8.77. The van der Waals surface area contributed by atoms with Gasteiger partial charge in [0.25, 0.3) is 0 Å². The number of hydrogen-bond acceptors (Lipinski definition) is 7. The summed E-state index contributed by atoms with van der Waals surface area (Å²) in [4.78, 5) is 13.0. The second-order valence-corrected chi connectivity index (χ2v) is 23.0. The first kappa shape index (κ1) is 32.1. The summed E-state index contributed by atoms with van der Waals surface area (Å²) < 4.78 is 25.3. The van der Waals surface area contributed by atoms with Crippen molar-refractivity contribution in [2.24, 2.45) is 5.92 Å². The number of ether oxygens (including phenoxy) is 2. The van der Waals surface area contributed by atoms with Gasteiger partial charge in [-0.2, -0.15) is 0 Å². The van der Waals surface area contributed by atoms with Crippen LogP contribution < -0.4 is 0 Å². The van der Waals surface area contributed by atoms with E-state index < -0.39 is 53.1 Å². The van der Waals surface area contributed by atoms with E-state index in [1.165, 1.54) is 0 Å². The molecule has 6 atom stereocenters. The predicted molar refractivity (Wildman–Crippen MR) is 152 cm³/mol. The van der Waals surface area contributed by atoms with Gasteiger partial charge in [0.1, 0.15) is 12.2 Å². The normalized spacial score (nSPS) is 26.6. The van der Waals surface area contributed by atoms with Crippen LogP contribution in [-0.4, -0.2) is 76.6 Å². The standard InChI is InChI=1S/C28H50O7Si2/c1-19-23(21(30)18-32-36(8,9)27(2,3)4)33-22(17-29)25(24(19)35-37(10,11)28(5,6)7)34-26(31)20-15-13-12-14-16-20/h12-16,19,21-25,29-30H,17-18H2,1-11H3/t19-,21+,22+,23+,24+,25+/m0/s1. The minimum absolute atomic E-state index is 0.00407. The van der Waals surface area contributed by atoms with Crippen molar-refractivity contribution in [1.29, 1.82) is 0 Å². The molecule has 0 aromatic heterocycles. The second kappa shape index (κ2) is 12.0. The average molecular weight is 555 g/mol. The van der Waals surface area contributed by atoms with Crippen LogP contribution in [0.4, 0.5) is 0 Å². The molecule has 0 radical (unpaired) electrons. The molecule has 1 aromatic carbocycles. The molecule has 0 aliphatic carbocycles. The van der Waals surface area contributed by atoms with Crippen LogP contribution in [0.1, 0.15) is 58.8 Å². The van der Waals surface area contributed by atoms with E-state index in [4.69, 9.17) is 18.3 Å². The van der Waals surface area contributed by atoms with Gasteiger partial charge in [0.2, 0.25) is 0 Å². The molecular formula is C28H50O7Si2. The first-order valence-electron chi connectivity index (χ1n) is 13.3. The van der Waals surface area contributed by atoms with E-state index in [2.05, 4.69) is 67.7 Å². The lowest BCUT2D eigenvalue weighted by Crippen LogP contribution is -2.63. The van der Waals surface area contributed by atoms with Crippen molar-refractivity contribution in [3.8, 4) is 0 Å². The van der Waals surface area contributed by atoms with E-state index in [9.17, 15) is 15.0 Å². The monoisotopic (exact) mass is 554 g/mol. The smallest absolute Gasteiger partial charge is 0.338 e. The van der Waals surface area contributed by atoms with Crippen molar-refractivity contribution in [2.45, 2.75) is 115 Å². The zero-order valence-corrected chi connectivity index (χ0v) is 26.7. The Morgan fingerprint density at radius 3 is 2.00 bits per heavy atom. The molecule has 0 bridgehead atoms. The summed E-state index contributed by atoms with van der Waals surface area (Å²) in [6.07, 6.45) is -3.80. The Bertz CT molecular complexity index is 877. The molecule has 9 heteroatoms. The highest BCUT2D eigenvalue weighted by Crippen LogP contribution is 2.42. The van der Waals surface area contributed by atoms with Gasteiger partial charge in [-0.25, -0.2) is 4.79 Å². The van der Waals surface area contributed by atoms with E-state index in [1.807, 2.05) is 13.0 Å². The van der Waals surface area contributed by atoms with Crippen molar-refractivity contribution in [3.05, 3.63) is 35.9 Å². The molecule has 1 aliphatic rings.